The zero-order valence-electron chi connectivity index (χ0n) is 14.8. The van der Waals surface area contributed by atoms with Gasteiger partial charge >= 0.3 is 0 Å². The van der Waals surface area contributed by atoms with E-state index in [1.54, 1.807) is 13.0 Å². The number of primary amides is 1. The topological polar surface area (TPSA) is 99.6 Å². The zero-order chi connectivity index (χ0) is 20.0. The minimum absolute atomic E-state index is 0.0616. The van der Waals surface area contributed by atoms with Crippen LogP contribution in [0.25, 0.3) is 27.6 Å². The van der Waals surface area contributed by atoms with Crippen molar-refractivity contribution >= 4 is 28.1 Å². The second-order valence-corrected chi connectivity index (χ2v) is 7.00. The number of hydrogen-bond donors (Lipinski definition) is 1. The Kier molecular flexibility index (Phi) is 4.34. The second-order valence-electron chi connectivity index (χ2n) is 6.14. The van der Waals surface area contributed by atoms with Crippen molar-refractivity contribution < 1.29 is 13.6 Å². The highest BCUT2D eigenvalue weighted by Gasteiger charge is 2.24. The lowest BCUT2D eigenvalue weighted by Gasteiger charge is -2.12. The first-order valence-corrected chi connectivity index (χ1v) is 9.09. The standard InChI is InChI=1S/C18H14F2N6OS/c1-8-7-28-18(23-8)16-24-9(2)13(15(21)27)17(25-16)26-6-11(14(19)20)10-5-22-4-3-12(10)26/h3-7,14H,1-2H3,(H2,21,27). The molecule has 28 heavy (non-hydrogen) atoms. The van der Waals surface area contributed by atoms with E-state index in [0.29, 0.717) is 22.0 Å². The molecule has 0 aliphatic carbocycles. The molecule has 0 atom stereocenters. The average Bonchev–Trinajstić information content (AvgIpc) is 3.24. The molecule has 0 saturated carbocycles. The van der Waals surface area contributed by atoms with Crippen molar-refractivity contribution in [1.82, 2.24) is 24.5 Å². The molecule has 0 aliphatic rings. The van der Waals surface area contributed by atoms with Crippen LogP contribution < -0.4 is 5.73 Å². The molecule has 142 valence electrons. The fourth-order valence-corrected chi connectivity index (χ4v) is 3.75. The molecular formula is C18H14F2N6OS. The number of alkyl halides is 2. The number of amides is 1. The van der Waals surface area contributed by atoms with Gasteiger partial charge in [0.15, 0.2) is 16.6 Å². The van der Waals surface area contributed by atoms with Gasteiger partial charge in [0.2, 0.25) is 0 Å². The number of nitrogens with two attached hydrogens (primary N) is 1. The first-order chi connectivity index (χ1) is 13.4. The van der Waals surface area contributed by atoms with Crippen LogP contribution in [0.1, 0.15) is 33.7 Å². The molecule has 0 unspecified atom stereocenters. The largest absolute Gasteiger partial charge is 0.365 e. The summed E-state index contributed by atoms with van der Waals surface area (Å²) in [6.45, 7) is 3.46. The monoisotopic (exact) mass is 400 g/mol. The average molecular weight is 400 g/mol. The van der Waals surface area contributed by atoms with E-state index in [2.05, 4.69) is 19.9 Å². The van der Waals surface area contributed by atoms with Crippen LogP contribution in [0, 0.1) is 13.8 Å². The van der Waals surface area contributed by atoms with Gasteiger partial charge in [0.1, 0.15) is 5.56 Å². The van der Waals surface area contributed by atoms with Gasteiger partial charge in [0.25, 0.3) is 12.3 Å². The molecule has 4 rings (SSSR count). The SMILES string of the molecule is Cc1csc(-c2nc(C)c(C(N)=O)c(-n3cc(C(F)F)c4cnccc43)n2)n1. The van der Waals surface area contributed by atoms with Crippen LogP contribution in [-0.2, 0) is 0 Å². The summed E-state index contributed by atoms with van der Waals surface area (Å²) >= 11 is 1.35. The normalized spacial score (nSPS) is 11.5. The van der Waals surface area contributed by atoms with Crippen molar-refractivity contribution in [3.8, 4) is 16.6 Å². The number of aromatic nitrogens is 5. The van der Waals surface area contributed by atoms with E-state index in [0.717, 1.165) is 5.69 Å². The number of thiazole rings is 1. The van der Waals surface area contributed by atoms with E-state index in [1.807, 2.05) is 12.3 Å². The van der Waals surface area contributed by atoms with Crippen LogP contribution in [0.2, 0.25) is 0 Å². The third-order valence-corrected chi connectivity index (χ3v) is 5.18. The smallest absolute Gasteiger partial charge is 0.265 e. The van der Waals surface area contributed by atoms with Crippen molar-refractivity contribution in [2.45, 2.75) is 20.3 Å². The second kappa shape index (κ2) is 6.71. The Hall–Kier alpha value is -3.27. The molecule has 4 heterocycles. The Bertz CT molecular complexity index is 1220. The Labute approximate surface area is 161 Å². The maximum atomic E-state index is 13.5. The van der Waals surface area contributed by atoms with Crippen LogP contribution in [0.15, 0.2) is 30.0 Å². The number of carbonyl (C=O) groups excluding carboxylic acids is 1. The van der Waals surface area contributed by atoms with E-state index in [-0.39, 0.29) is 22.3 Å². The Balaban J connectivity index is 2.05. The van der Waals surface area contributed by atoms with Gasteiger partial charge in [-0.15, -0.1) is 11.3 Å². The van der Waals surface area contributed by atoms with Crippen LogP contribution in [0.3, 0.4) is 0 Å². The van der Waals surface area contributed by atoms with Gasteiger partial charge in [-0.1, -0.05) is 0 Å². The number of pyridine rings is 1. The minimum atomic E-state index is -2.71. The molecule has 1 amide bonds. The third kappa shape index (κ3) is 2.91. The molecule has 4 aromatic heterocycles. The highest BCUT2D eigenvalue weighted by atomic mass is 32.1. The summed E-state index contributed by atoms with van der Waals surface area (Å²) in [7, 11) is 0. The van der Waals surface area contributed by atoms with E-state index >= 15 is 0 Å². The number of fused-ring (bicyclic) bond motifs is 1. The van der Waals surface area contributed by atoms with Crippen molar-refractivity contribution in [3.63, 3.8) is 0 Å². The predicted molar refractivity (Wildman–Crippen MR) is 101 cm³/mol. The summed E-state index contributed by atoms with van der Waals surface area (Å²) in [5.74, 6) is -0.320. The van der Waals surface area contributed by atoms with Gasteiger partial charge in [-0.3, -0.25) is 14.3 Å². The van der Waals surface area contributed by atoms with Crippen LogP contribution in [-0.4, -0.2) is 30.4 Å². The van der Waals surface area contributed by atoms with Crippen molar-refractivity contribution in [1.29, 1.82) is 0 Å². The summed E-state index contributed by atoms with van der Waals surface area (Å²) in [6, 6.07) is 1.58. The fourth-order valence-electron chi connectivity index (χ4n) is 3.02. The zero-order valence-corrected chi connectivity index (χ0v) is 15.7. The Morgan fingerprint density at radius 3 is 2.68 bits per heavy atom. The first-order valence-electron chi connectivity index (χ1n) is 8.21. The molecule has 0 spiro atoms. The molecule has 0 fully saturated rings. The summed E-state index contributed by atoms with van der Waals surface area (Å²) in [5, 5.41) is 2.68. The first kappa shape index (κ1) is 18.1. The molecule has 0 bridgehead atoms. The van der Waals surface area contributed by atoms with Gasteiger partial charge in [0.05, 0.1) is 11.2 Å². The quantitative estimate of drug-likeness (QED) is 0.564. The highest BCUT2D eigenvalue weighted by Crippen LogP contribution is 2.32. The fraction of sp³-hybridized carbons (Fsp3) is 0.167. The third-order valence-electron chi connectivity index (χ3n) is 4.23. The molecule has 7 nitrogen and oxygen atoms in total. The predicted octanol–water partition coefficient (Wildman–Crippen LogP) is 3.59. The molecule has 10 heteroatoms. The number of hydrogen-bond acceptors (Lipinski definition) is 6. The molecule has 0 aromatic carbocycles. The van der Waals surface area contributed by atoms with Crippen LogP contribution in [0.5, 0.6) is 0 Å². The number of nitrogens with zero attached hydrogens (tertiary/aromatic N) is 5. The lowest BCUT2D eigenvalue weighted by molar-refractivity contribution is 0.0999. The van der Waals surface area contributed by atoms with E-state index in [4.69, 9.17) is 5.73 Å². The molecular weight excluding hydrogens is 386 g/mol. The van der Waals surface area contributed by atoms with E-state index in [9.17, 15) is 13.6 Å². The van der Waals surface area contributed by atoms with Crippen molar-refractivity contribution in [2.75, 3.05) is 0 Å². The van der Waals surface area contributed by atoms with Gasteiger partial charge < -0.3 is 5.73 Å². The summed E-state index contributed by atoms with van der Waals surface area (Å²) in [4.78, 5) is 29.2. The summed E-state index contributed by atoms with van der Waals surface area (Å²) in [6.07, 6.45) is 1.38. The molecule has 0 saturated heterocycles. The Morgan fingerprint density at radius 1 is 1.25 bits per heavy atom. The van der Waals surface area contributed by atoms with Gasteiger partial charge in [-0.05, 0) is 19.9 Å². The molecule has 2 N–H and O–H groups in total. The maximum absolute atomic E-state index is 13.5. The molecule has 0 radical (unpaired) electrons. The highest BCUT2D eigenvalue weighted by molar-refractivity contribution is 7.13. The summed E-state index contributed by atoms with van der Waals surface area (Å²) in [5.41, 5.74) is 6.99. The minimum Gasteiger partial charge on any atom is -0.365 e. The van der Waals surface area contributed by atoms with Crippen LogP contribution >= 0.6 is 11.3 Å². The number of halogens is 2. The maximum Gasteiger partial charge on any atom is 0.265 e. The van der Waals surface area contributed by atoms with E-state index < -0.39 is 12.3 Å². The lowest BCUT2D eigenvalue weighted by Crippen LogP contribution is -2.19. The molecule has 0 aliphatic heterocycles. The van der Waals surface area contributed by atoms with Crippen molar-refractivity contribution in [3.05, 3.63) is 52.6 Å². The van der Waals surface area contributed by atoms with Gasteiger partial charge in [-0.25, -0.2) is 23.7 Å². The number of carbonyl (C=O) groups is 1. The lowest BCUT2D eigenvalue weighted by atomic mass is 10.2. The number of rotatable bonds is 4. The van der Waals surface area contributed by atoms with Gasteiger partial charge in [-0.2, -0.15) is 0 Å². The van der Waals surface area contributed by atoms with E-state index in [1.165, 1.54) is 34.5 Å². The van der Waals surface area contributed by atoms with Crippen molar-refractivity contribution in [2.24, 2.45) is 5.73 Å². The number of aryl methyl sites for hydroxylation is 2. The summed E-state index contributed by atoms with van der Waals surface area (Å²) < 4.78 is 28.5. The van der Waals surface area contributed by atoms with Gasteiger partial charge in [0, 0.05) is 40.6 Å². The van der Waals surface area contributed by atoms with Crippen LogP contribution in [0.4, 0.5) is 8.78 Å². The molecule has 4 aromatic rings. The Morgan fingerprint density at radius 2 is 2.04 bits per heavy atom.